The van der Waals surface area contributed by atoms with E-state index in [4.69, 9.17) is 0 Å². The van der Waals surface area contributed by atoms with E-state index < -0.39 is 51.2 Å². The number of carbonyl (C=O) groups is 1. The number of hydrogen-bond donors (Lipinski definition) is 0. The summed E-state index contributed by atoms with van der Waals surface area (Å²) in [7, 11) is -4.08. The van der Waals surface area contributed by atoms with Gasteiger partial charge in [0.1, 0.15) is 18.0 Å². The molecule has 0 aliphatic heterocycles. The van der Waals surface area contributed by atoms with Crippen LogP contribution in [0.4, 0.5) is 20.2 Å². The summed E-state index contributed by atoms with van der Waals surface area (Å²) >= 11 is 0. The Morgan fingerprint density at radius 1 is 1.42 bits per heavy atom. The minimum atomic E-state index is -4.08. The predicted molar refractivity (Wildman–Crippen MR) is 78.6 cm³/mol. The molecular weight excluding hydrogens is 354 g/mol. The van der Waals surface area contributed by atoms with Gasteiger partial charge in [-0.15, -0.1) is 0 Å². The number of alkyl halides is 2. The molecule has 0 N–H and O–H groups in total. The fraction of sp³-hybridized carbons (Fsp3) is 0.417. The van der Waals surface area contributed by atoms with Crippen molar-refractivity contribution >= 4 is 27.4 Å². The van der Waals surface area contributed by atoms with E-state index in [1.54, 1.807) is 0 Å². The Hall–Kier alpha value is -2.50. The Balaban J connectivity index is 3.36. The van der Waals surface area contributed by atoms with Crippen molar-refractivity contribution in [1.29, 1.82) is 0 Å². The molecule has 0 aliphatic carbocycles. The maximum absolute atomic E-state index is 12.2. The summed E-state index contributed by atoms with van der Waals surface area (Å²) in [5.74, 6) is -1.45. The van der Waals surface area contributed by atoms with Crippen molar-refractivity contribution in [2.24, 2.45) is 0 Å². The molecule has 0 aliphatic rings. The van der Waals surface area contributed by atoms with Gasteiger partial charge < -0.3 is 9.47 Å². The predicted octanol–water partition coefficient (Wildman–Crippen LogP) is 1.53. The molecule has 0 heterocycles. The molecule has 0 spiro atoms. The number of halogens is 2. The highest BCUT2D eigenvalue weighted by Gasteiger charge is 2.29. The van der Waals surface area contributed by atoms with Crippen molar-refractivity contribution in [2.75, 3.05) is 23.7 Å². The third-order valence-corrected chi connectivity index (χ3v) is 3.74. The quantitative estimate of drug-likeness (QED) is 0.388. The number of carbonyl (C=O) groups excluding carboxylic acids is 1. The highest BCUT2D eigenvalue weighted by Crippen LogP contribution is 2.34. The maximum Gasteiger partial charge on any atom is 0.387 e. The van der Waals surface area contributed by atoms with Crippen LogP contribution in [0.2, 0.25) is 0 Å². The lowest BCUT2D eigenvalue weighted by Crippen LogP contribution is -2.36. The number of benzene rings is 1. The third-order valence-electron chi connectivity index (χ3n) is 2.62. The molecule has 12 heteroatoms. The maximum atomic E-state index is 12.2. The average molecular weight is 368 g/mol. The molecule has 0 fully saturated rings. The first-order chi connectivity index (χ1) is 11.1. The second kappa shape index (κ2) is 7.86. The molecular formula is C12H14F2N2O7S. The van der Waals surface area contributed by atoms with Crippen LogP contribution in [0.5, 0.6) is 5.75 Å². The summed E-state index contributed by atoms with van der Waals surface area (Å²) in [4.78, 5) is 21.7. The Morgan fingerprint density at radius 2 is 2.04 bits per heavy atom. The van der Waals surface area contributed by atoms with Gasteiger partial charge in [-0.25, -0.2) is 8.42 Å². The number of anilines is 1. The van der Waals surface area contributed by atoms with Crippen LogP contribution in [0.25, 0.3) is 0 Å². The lowest BCUT2D eigenvalue weighted by molar-refractivity contribution is -0.384. The lowest BCUT2D eigenvalue weighted by Gasteiger charge is -2.21. The molecule has 0 saturated carbocycles. The van der Waals surface area contributed by atoms with Gasteiger partial charge in [0.15, 0.2) is 0 Å². The van der Waals surface area contributed by atoms with Crippen molar-refractivity contribution in [2.45, 2.75) is 13.5 Å². The van der Waals surface area contributed by atoms with Crippen molar-refractivity contribution in [1.82, 2.24) is 0 Å². The van der Waals surface area contributed by atoms with Gasteiger partial charge in [-0.1, -0.05) is 0 Å². The summed E-state index contributed by atoms with van der Waals surface area (Å²) in [6.07, 6.45) is 0.736. The van der Waals surface area contributed by atoms with Gasteiger partial charge >= 0.3 is 12.6 Å². The van der Waals surface area contributed by atoms with E-state index in [9.17, 15) is 32.1 Å². The molecule has 0 atom stereocenters. The third kappa shape index (κ3) is 5.30. The van der Waals surface area contributed by atoms with E-state index in [-0.39, 0.29) is 6.61 Å². The minimum absolute atomic E-state index is 0.0142. The number of nitro groups is 1. The zero-order valence-corrected chi connectivity index (χ0v) is 13.5. The Labute approximate surface area is 136 Å². The second-order valence-electron chi connectivity index (χ2n) is 4.36. The van der Waals surface area contributed by atoms with Crippen LogP contribution in [0, 0.1) is 10.1 Å². The molecule has 0 unspecified atom stereocenters. The van der Waals surface area contributed by atoms with Crippen LogP contribution in [0.1, 0.15) is 6.92 Å². The second-order valence-corrected chi connectivity index (χ2v) is 6.27. The zero-order valence-electron chi connectivity index (χ0n) is 12.6. The number of esters is 1. The molecule has 0 aromatic heterocycles. The summed E-state index contributed by atoms with van der Waals surface area (Å²) in [5.41, 5.74) is -1.29. The van der Waals surface area contributed by atoms with Gasteiger partial charge in [-0.2, -0.15) is 8.78 Å². The number of ether oxygens (including phenoxy) is 2. The monoisotopic (exact) mass is 368 g/mol. The fourth-order valence-corrected chi connectivity index (χ4v) is 2.59. The fourth-order valence-electron chi connectivity index (χ4n) is 1.74. The van der Waals surface area contributed by atoms with Crippen LogP contribution in [-0.2, 0) is 19.6 Å². The number of rotatable bonds is 8. The van der Waals surface area contributed by atoms with Crippen LogP contribution in [0.3, 0.4) is 0 Å². The van der Waals surface area contributed by atoms with Crippen LogP contribution >= 0.6 is 0 Å². The van der Waals surface area contributed by atoms with E-state index >= 15 is 0 Å². The molecule has 24 heavy (non-hydrogen) atoms. The molecule has 0 radical (unpaired) electrons. The molecule has 0 saturated heterocycles. The Kier molecular flexibility index (Phi) is 6.40. The summed E-state index contributed by atoms with van der Waals surface area (Å²) < 4.78 is 57.2. The standard InChI is InChI=1S/C12H14F2N2O7S/c1-3-22-11(17)7-15(24(2,20)21)9-5-4-8(23-12(13)14)6-10(9)16(18)19/h4-6,12H,3,7H2,1-2H3. The highest BCUT2D eigenvalue weighted by molar-refractivity contribution is 7.92. The summed E-state index contributed by atoms with van der Waals surface area (Å²) in [5, 5.41) is 11.1. The molecule has 1 rings (SSSR count). The molecule has 134 valence electrons. The van der Waals surface area contributed by atoms with Crippen LogP contribution < -0.4 is 9.04 Å². The van der Waals surface area contributed by atoms with E-state index in [1.807, 2.05) is 0 Å². The number of nitrogens with zero attached hydrogens (tertiary/aromatic N) is 2. The topological polar surface area (TPSA) is 116 Å². The molecule has 0 amide bonds. The Bertz CT molecular complexity index is 724. The molecule has 9 nitrogen and oxygen atoms in total. The van der Waals surface area contributed by atoms with E-state index in [2.05, 4.69) is 9.47 Å². The van der Waals surface area contributed by atoms with Crippen molar-refractivity contribution in [3.05, 3.63) is 28.3 Å². The first-order valence-electron chi connectivity index (χ1n) is 6.42. The number of sulfonamides is 1. The van der Waals surface area contributed by atoms with Gasteiger partial charge in [-0.3, -0.25) is 19.2 Å². The summed E-state index contributed by atoms with van der Waals surface area (Å²) in [6, 6.07) is 2.47. The van der Waals surface area contributed by atoms with Crippen molar-refractivity contribution in [3.8, 4) is 5.75 Å². The van der Waals surface area contributed by atoms with E-state index in [0.717, 1.165) is 18.4 Å². The number of nitro benzene ring substituents is 1. The van der Waals surface area contributed by atoms with Gasteiger partial charge in [-0.05, 0) is 19.1 Å². The lowest BCUT2D eigenvalue weighted by atomic mass is 10.2. The molecule has 1 aromatic rings. The first kappa shape index (κ1) is 19.5. The van der Waals surface area contributed by atoms with Gasteiger partial charge in [0.05, 0.1) is 23.9 Å². The van der Waals surface area contributed by atoms with Gasteiger partial charge in [0.2, 0.25) is 10.0 Å². The van der Waals surface area contributed by atoms with Crippen molar-refractivity contribution < 1.29 is 36.4 Å². The minimum Gasteiger partial charge on any atom is -0.465 e. The Morgan fingerprint density at radius 3 is 2.50 bits per heavy atom. The van der Waals surface area contributed by atoms with Crippen LogP contribution in [-0.4, -0.2) is 45.3 Å². The molecule has 0 bridgehead atoms. The first-order valence-corrected chi connectivity index (χ1v) is 8.27. The number of hydrogen-bond acceptors (Lipinski definition) is 7. The smallest absolute Gasteiger partial charge is 0.387 e. The largest absolute Gasteiger partial charge is 0.465 e. The van der Waals surface area contributed by atoms with E-state index in [0.29, 0.717) is 10.4 Å². The van der Waals surface area contributed by atoms with E-state index in [1.165, 1.54) is 6.92 Å². The summed E-state index contributed by atoms with van der Waals surface area (Å²) in [6.45, 7) is -2.52. The van der Waals surface area contributed by atoms with Crippen molar-refractivity contribution in [3.63, 3.8) is 0 Å². The highest BCUT2D eigenvalue weighted by atomic mass is 32.2. The average Bonchev–Trinajstić information content (AvgIpc) is 2.43. The van der Waals surface area contributed by atoms with Gasteiger partial charge in [0.25, 0.3) is 5.69 Å². The normalized spacial score (nSPS) is 11.2. The van der Waals surface area contributed by atoms with Gasteiger partial charge in [0, 0.05) is 0 Å². The van der Waals surface area contributed by atoms with Crippen LogP contribution in [0.15, 0.2) is 18.2 Å². The zero-order chi connectivity index (χ0) is 18.5. The molecule has 1 aromatic carbocycles. The SMILES string of the molecule is CCOC(=O)CN(c1ccc(OC(F)F)cc1[N+](=O)[O-])S(C)(=O)=O.